The molecule has 0 fully saturated rings. The number of H-pyrrole nitrogens is 1. The highest BCUT2D eigenvalue weighted by Crippen LogP contribution is 2.29. The minimum atomic E-state index is -0.00349. The summed E-state index contributed by atoms with van der Waals surface area (Å²) in [6.45, 7) is 0.370. The first-order chi connectivity index (χ1) is 11.2. The summed E-state index contributed by atoms with van der Waals surface area (Å²) in [5.74, 6) is 1.51. The second kappa shape index (κ2) is 6.67. The number of fused-ring (bicyclic) bond motifs is 1. The van der Waals surface area contributed by atoms with E-state index in [4.69, 9.17) is 21.4 Å². The number of aliphatic hydroxyl groups is 1. The zero-order chi connectivity index (χ0) is 16.2. The fourth-order valence-corrected chi connectivity index (χ4v) is 2.32. The molecule has 23 heavy (non-hydrogen) atoms. The normalized spacial score (nSPS) is 10.7. The molecule has 4 N–H and O–H groups in total. The molecule has 0 aliphatic rings. The van der Waals surface area contributed by atoms with Gasteiger partial charge in [-0.25, -0.2) is 4.98 Å². The zero-order valence-electron chi connectivity index (χ0n) is 12.3. The number of halogens is 1. The summed E-state index contributed by atoms with van der Waals surface area (Å²) < 4.78 is 5.12. The summed E-state index contributed by atoms with van der Waals surface area (Å²) in [6.07, 6.45) is 1.54. The van der Waals surface area contributed by atoms with Crippen molar-refractivity contribution in [2.24, 2.45) is 0 Å². The molecule has 0 amide bonds. The van der Waals surface area contributed by atoms with Gasteiger partial charge in [-0.2, -0.15) is 9.97 Å². The van der Waals surface area contributed by atoms with Gasteiger partial charge in [0.15, 0.2) is 11.5 Å². The average Bonchev–Trinajstić information content (AvgIpc) is 3.01. The van der Waals surface area contributed by atoms with Gasteiger partial charge < -0.3 is 25.5 Å². The maximum absolute atomic E-state index is 8.96. The van der Waals surface area contributed by atoms with Gasteiger partial charge in [-0.3, -0.25) is 0 Å². The number of imidazole rings is 1. The third-order valence-electron chi connectivity index (χ3n) is 3.10. The lowest BCUT2D eigenvalue weighted by Crippen LogP contribution is -2.09. The number of rotatable bonds is 6. The van der Waals surface area contributed by atoms with E-state index in [0.717, 1.165) is 5.69 Å². The van der Waals surface area contributed by atoms with Gasteiger partial charge in [-0.1, -0.05) is 11.6 Å². The van der Waals surface area contributed by atoms with Gasteiger partial charge >= 0.3 is 0 Å². The maximum Gasteiger partial charge on any atom is 0.231 e. The number of benzene rings is 1. The van der Waals surface area contributed by atoms with Crippen LogP contribution >= 0.6 is 11.6 Å². The first-order valence-corrected chi connectivity index (χ1v) is 7.25. The number of nitrogens with zero attached hydrogens (tertiary/aromatic N) is 3. The van der Waals surface area contributed by atoms with E-state index in [0.29, 0.717) is 40.2 Å². The fourth-order valence-electron chi connectivity index (χ4n) is 2.06. The summed E-state index contributed by atoms with van der Waals surface area (Å²) in [4.78, 5) is 15.8. The van der Waals surface area contributed by atoms with Gasteiger partial charge in [0.1, 0.15) is 11.3 Å². The number of hydrogen-bond acceptors (Lipinski definition) is 7. The molecule has 9 heteroatoms. The number of methoxy groups -OCH3 is 1. The van der Waals surface area contributed by atoms with Gasteiger partial charge in [-0.05, 0) is 18.2 Å². The highest BCUT2D eigenvalue weighted by Gasteiger charge is 2.10. The Morgan fingerprint density at radius 2 is 2.22 bits per heavy atom. The third kappa shape index (κ3) is 3.27. The number of ether oxygens (including phenoxy) is 1. The molecule has 2 aromatic heterocycles. The van der Waals surface area contributed by atoms with Crippen molar-refractivity contribution in [1.82, 2.24) is 19.9 Å². The monoisotopic (exact) mass is 334 g/mol. The van der Waals surface area contributed by atoms with Crippen LogP contribution in [0.4, 0.5) is 17.5 Å². The van der Waals surface area contributed by atoms with E-state index >= 15 is 0 Å². The second-order valence-corrected chi connectivity index (χ2v) is 5.03. The van der Waals surface area contributed by atoms with Gasteiger partial charge in [0.2, 0.25) is 5.95 Å². The second-order valence-electron chi connectivity index (χ2n) is 4.62. The molecule has 0 aliphatic heterocycles. The average molecular weight is 335 g/mol. The molecule has 3 aromatic rings. The molecule has 3 rings (SSSR count). The molecule has 0 unspecified atom stereocenters. The minimum Gasteiger partial charge on any atom is -0.495 e. The Kier molecular flexibility index (Phi) is 4.45. The van der Waals surface area contributed by atoms with Crippen molar-refractivity contribution in [2.45, 2.75) is 0 Å². The number of aliphatic hydroxyl groups excluding tert-OH is 1. The first-order valence-electron chi connectivity index (χ1n) is 6.87. The Morgan fingerprint density at radius 1 is 1.35 bits per heavy atom. The predicted molar refractivity (Wildman–Crippen MR) is 88.5 cm³/mol. The molecular formula is C14H15ClN6O2. The van der Waals surface area contributed by atoms with Gasteiger partial charge in [-0.15, -0.1) is 0 Å². The van der Waals surface area contributed by atoms with Crippen LogP contribution in [0.1, 0.15) is 0 Å². The smallest absolute Gasteiger partial charge is 0.231 e. The molecule has 0 bridgehead atoms. The van der Waals surface area contributed by atoms with Crippen LogP contribution < -0.4 is 15.4 Å². The standard InChI is InChI=1S/C14H15ClN6O2/c1-23-10-3-2-8(6-9(10)15)19-14-20-12(16-4-5-22)11-13(21-14)18-7-17-11/h2-3,6-7,22H,4-5H2,1H3,(H3,16,17,18,19,20,21). The molecule has 1 aromatic carbocycles. The summed E-state index contributed by atoms with van der Waals surface area (Å²) >= 11 is 6.11. The van der Waals surface area contributed by atoms with Gasteiger partial charge in [0, 0.05) is 12.2 Å². The fraction of sp³-hybridized carbons (Fsp3) is 0.214. The molecule has 8 nitrogen and oxygen atoms in total. The van der Waals surface area contributed by atoms with Crippen molar-refractivity contribution in [3.05, 3.63) is 29.5 Å². The van der Waals surface area contributed by atoms with Crippen molar-refractivity contribution in [3.8, 4) is 5.75 Å². The van der Waals surface area contributed by atoms with E-state index in [1.54, 1.807) is 19.2 Å². The predicted octanol–water partition coefficient (Wildman–Crippen LogP) is 2.16. The van der Waals surface area contributed by atoms with Crippen LogP contribution in [0.15, 0.2) is 24.5 Å². The molecule has 0 aliphatic carbocycles. The van der Waals surface area contributed by atoms with Crippen LogP contribution in [0.25, 0.3) is 11.2 Å². The van der Waals surface area contributed by atoms with Crippen LogP contribution in [0, 0.1) is 0 Å². The van der Waals surface area contributed by atoms with E-state index in [-0.39, 0.29) is 6.61 Å². The minimum absolute atomic E-state index is 0.00349. The molecule has 120 valence electrons. The van der Waals surface area contributed by atoms with Crippen LogP contribution in [-0.4, -0.2) is 45.3 Å². The van der Waals surface area contributed by atoms with Crippen LogP contribution in [0.3, 0.4) is 0 Å². The van der Waals surface area contributed by atoms with Crippen LogP contribution in [-0.2, 0) is 0 Å². The van der Waals surface area contributed by atoms with Crippen molar-refractivity contribution < 1.29 is 9.84 Å². The van der Waals surface area contributed by atoms with Gasteiger partial charge in [0.05, 0.1) is 25.1 Å². The lowest BCUT2D eigenvalue weighted by Gasteiger charge is -2.10. The number of aromatic amines is 1. The number of anilines is 3. The zero-order valence-corrected chi connectivity index (χ0v) is 13.1. The lowest BCUT2D eigenvalue weighted by atomic mass is 10.3. The number of nitrogens with one attached hydrogen (secondary N) is 3. The summed E-state index contributed by atoms with van der Waals surface area (Å²) in [5.41, 5.74) is 1.91. The highest BCUT2D eigenvalue weighted by atomic mass is 35.5. The topological polar surface area (TPSA) is 108 Å². The Morgan fingerprint density at radius 3 is 2.96 bits per heavy atom. The Balaban J connectivity index is 1.91. The van der Waals surface area contributed by atoms with E-state index in [2.05, 4.69) is 30.6 Å². The molecule has 0 atom stereocenters. The van der Waals surface area contributed by atoms with Crippen molar-refractivity contribution >= 4 is 40.2 Å². The van der Waals surface area contributed by atoms with Crippen LogP contribution in [0.5, 0.6) is 5.75 Å². The highest BCUT2D eigenvalue weighted by molar-refractivity contribution is 6.32. The van der Waals surface area contributed by atoms with Crippen LogP contribution in [0.2, 0.25) is 5.02 Å². The van der Waals surface area contributed by atoms with E-state index < -0.39 is 0 Å². The Hall–Kier alpha value is -2.58. The number of hydrogen-bond donors (Lipinski definition) is 4. The van der Waals surface area contributed by atoms with Crippen molar-refractivity contribution in [3.63, 3.8) is 0 Å². The Bertz CT molecular complexity index is 822. The van der Waals surface area contributed by atoms with E-state index in [9.17, 15) is 0 Å². The molecular weight excluding hydrogens is 320 g/mol. The molecule has 0 saturated carbocycles. The van der Waals surface area contributed by atoms with Crippen molar-refractivity contribution in [2.75, 3.05) is 30.9 Å². The van der Waals surface area contributed by atoms with E-state index in [1.165, 1.54) is 6.33 Å². The van der Waals surface area contributed by atoms with Crippen molar-refractivity contribution in [1.29, 1.82) is 0 Å². The first kappa shape index (κ1) is 15.3. The SMILES string of the molecule is COc1ccc(Nc2nc(NCCO)c3[nH]cnc3n2)cc1Cl. The largest absolute Gasteiger partial charge is 0.495 e. The molecule has 2 heterocycles. The summed E-state index contributed by atoms with van der Waals surface area (Å²) in [7, 11) is 1.56. The van der Waals surface area contributed by atoms with Gasteiger partial charge in [0.25, 0.3) is 0 Å². The molecule has 0 spiro atoms. The lowest BCUT2D eigenvalue weighted by molar-refractivity contribution is 0.311. The Labute approximate surface area is 136 Å². The third-order valence-corrected chi connectivity index (χ3v) is 3.39. The molecule has 0 saturated heterocycles. The summed E-state index contributed by atoms with van der Waals surface area (Å²) in [5, 5.41) is 15.5. The summed E-state index contributed by atoms with van der Waals surface area (Å²) in [6, 6.07) is 5.28. The maximum atomic E-state index is 8.96. The van der Waals surface area contributed by atoms with E-state index in [1.807, 2.05) is 6.07 Å². The number of aromatic nitrogens is 4. The molecule has 0 radical (unpaired) electrons. The quantitative estimate of drug-likeness (QED) is 0.547.